The van der Waals surface area contributed by atoms with Crippen LogP contribution >= 0.6 is 0 Å². The molecule has 0 amide bonds. The number of benzene rings is 1. The van der Waals surface area contributed by atoms with Crippen molar-refractivity contribution in [2.75, 3.05) is 13.2 Å². The first-order chi connectivity index (χ1) is 10.4. The molecule has 1 saturated heterocycles. The zero-order valence-electron chi connectivity index (χ0n) is 12.5. The van der Waals surface area contributed by atoms with E-state index in [4.69, 9.17) is 4.74 Å². The summed E-state index contributed by atoms with van der Waals surface area (Å²) in [5.41, 5.74) is 3.51. The van der Waals surface area contributed by atoms with Gasteiger partial charge in [0.05, 0.1) is 18.0 Å². The molecular formula is C17H23N3O. The third-order valence-corrected chi connectivity index (χ3v) is 4.25. The molecular weight excluding hydrogens is 262 g/mol. The Morgan fingerprint density at radius 2 is 2.19 bits per heavy atom. The molecule has 2 aromatic rings. The fourth-order valence-corrected chi connectivity index (χ4v) is 3.07. The zero-order chi connectivity index (χ0) is 14.5. The van der Waals surface area contributed by atoms with E-state index < -0.39 is 0 Å². The van der Waals surface area contributed by atoms with Crippen molar-refractivity contribution in [1.29, 1.82) is 0 Å². The largest absolute Gasteiger partial charge is 0.378 e. The van der Waals surface area contributed by atoms with E-state index >= 15 is 0 Å². The summed E-state index contributed by atoms with van der Waals surface area (Å²) in [5.74, 6) is 0.641. The van der Waals surface area contributed by atoms with Crippen molar-refractivity contribution < 1.29 is 4.74 Å². The Kier molecular flexibility index (Phi) is 4.68. The Morgan fingerprint density at radius 3 is 3.00 bits per heavy atom. The summed E-state index contributed by atoms with van der Waals surface area (Å²) in [6.07, 6.45) is 4.61. The first-order valence-electron chi connectivity index (χ1n) is 7.78. The van der Waals surface area contributed by atoms with Crippen LogP contribution in [0.1, 0.15) is 25.3 Å². The van der Waals surface area contributed by atoms with Crippen LogP contribution < -0.4 is 5.32 Å². The summed E-state index contributed by atoms with van der Waals surface area (Å²) >= 11 is 0. The topological polar surface area (TPSA) is 49.9 Å². The van der Waals surface area contributed by atoms with Crippen LogP contribution in [0.4, 0.5) is 0 Å². The van der Waals surface area contributed by atoms with Gasteiger partial charge in [-0.25, -0.2) is 0 Å². The minimum absolute atomic E-state index is 0.426. The van der Waals surface area contributed by atoms with E-state index in [1.165, 1.54) is 17.5 Å². The highest BCUT2D eigenvalue weighted by molar-refractivity contribution is 5.62. The molecule has 2 atom stereocenters. The molecule has 0 saturated carbocycles. The first-order valence-corrected chi connectivity index (χ1v) is 7.78. The molecule has 4 heteroatoms. The van der Waals surface area contributed by atoms with Crippen LogP contribution in [0.15, 0.2) is 36.5 Å². The number of ether oxygens (including phenoxy) is 1. The van der Waals surface area contributed by atoms with Crippen LogP contribution in [0.25, 0.3) is 11.3 Å². The molecule has 0 aliphatic carbocycles. The molecule has 0 bridgehead atoms. The minimum Gasteiger partial charge on any atom is -0.378 e. The van der Waals surface area contributed by atoms with Crippen molar-refractivity contribution in [1.82, 2.24) is 15.5 Å². The smallest absolute Gasteiger partial charge is 0.0695 e. The summed E-state index contributed by atoms with van der Waals surface area (Å²) in [5, 5.41) is 10.9. The minimum atomic E-state index is 0.426. The fraction of sp³-hybridized carbons (Fsp3) is 0.471. The van der Waals surface area contributed by atoms with Gasteiger partial charge in [0.1, 0.15) is 0 Å². The summed E-state index contributed by atoms with van der Waals surface area (Å²) in [6.45, 7) is 4.96. The van der Waals surface area contributed by atoms with Gasteiger partial charge in [0.2, 0.25) is 0 Å². The second-order valence-electron chi connectivity index (χ2n) is 5.63. The predicted octanol–water partition coefficient (Wildman–Crippen LogP) is 2.98. The molecule has 1 aliphatic rings. The Bertz CT molecular complexity index is 552. The van der Waals surface area contributed by atoms with E-state index in [1.807, 2.05) is 12.3 Å². The summed E-state index contributed by atoms with van der Waals surface area (Å²) in [6, 6.07) is 10.3. The van der Waals surface area contributed by atoms with Crippen LogP contribution in [-0.2, 0) is 11.3 Å². The Balaban J connectivity index is 1.58. The van der Waals surface area contributed by atoms with Gasteiger partial charge in [-0.05, 0) is 24.3 Å². The average Bonchev–Trinajstić information content (AvgIpc) is 3.17. The number of nitrogens with one attached hydrogen (secondary N) is 2. The lowest BCUT2D eigenvalue weighted by Gasteiger charge is -2.17. The number of hydrogen-bond acceptors (Lipinski definition) is 3. The van der Waals surface area contributed by atoms with Gasteiger partial charge in [-0.15, -0.1) is 0 Å². The van der Waals surface area contributed by atoms with Crippen molar-refractivity contribution in [3.8, 4) is 11.3 Å². The molecule has 2 unspecified atom stereocenters. The predicted molar refractivity (Wildman–Crippen MR) is 83.9 cm³/mol. The summed E-state index contributed by atoms with van der Waals surface area (Å²) < 4.78 is 5.74. The number of aromatic nitrogens is 2. The van der Waals surface area contributed by atoms with Crippen LogP contribution in [0, 0.1) is 5.92 Å². The highest BCUT2D eigenvalue weighted by Crippen LogP contribution is 2.23. The van der Waals surface area contributed by atoms with Crippen molar-refractivity contribution in [3.05, 3.63) is 42.1 Å². The highest BCUT2D eigenvalue weighted by atomic mass is 16.5. The van der Waals surface area contributed by atoms with Gasteiger partial charge in [-0.3, -0.25) is 5.10 Å². The second-order valence-corrected chi connectivity index (χ2v) is 5.63. The Morgan fingerprint density at radius 1 is 1.33 bits per heavy atom. The van der Waals surface area contributed by atoms with E-state index in [0.717, 1.165) is 31.8 Å². The molecule has 112 valence electrons. The SMILES string of the molecule is CCC1OCCC1CNCc1cn[nH]c1-c1ccccc1. The lowest BCUT2D eigenvalue weighted by Crippen LogP contribution is -2.28. The Labute approximate surface area is 125 Å². The van der Waals surface area contributed by atoms with E-state index in [-0.39, 0.29) is 0 Å². The van der Waals surface area contributed by atoms with Gasteiger partial charge < -0.3 is 10.1 Å². The van der Waals surface area contributed by atoms with E-state index in [9.17, 15) is 0 Å². The Hall–Kier alpha value is -1.65. The summed E-state index contributed by atoms with van der Waals surface area (Å²) in [7, 11) is 0. The molecule has 3 rings (SSSR count). The second kappa shape index (κ2) is 6.87. The third kappa shape index (κ3) is 3.34. The van der Waals surface area contributed by atoms with Gasteiger partial charge in [0.25, 0.3) is 0 Å². The molecule has 4 nitrogen and oxygen atoms in total. The zero-order valence-corrected chi connectivity index (χ0v) is 12.5. The maximum absolute atomic E-state index is 5.74. The number of hydrogen-bond donors (Lipinski definition) is 2. The standard InChI is InChI=1S/C17H23N3O/c1-2-16-14(8-9-21-16)10-18-11-15-12-19-20-17(15)13-6-4-3-5-7-13/h3-7,12,14,16,18H,2,8-11H2,1H3,(H,19,20). The molecule has 0 radical (unpaired) electrons. The number of H-pyrrole nitrogens is 1. The summed E-state index contributed by atoms with van der Waals surface area (Å²) in [4.78, 5) is 0. The normalized spacial score (nSPS) is 21.8. The van der Waals surface area contributed by atoms with E-state index in [2.05, 4.69) is 46.7 Å². The number of nitrogens with zero attached hydrogens (tertiary/aromatic N) is 1. The molecule has 21 heavy (non-hydrogen) atoms. The first kappa shape index (κ1) is 14.3. The van der Waals surface area contributed by atoms with Gasteiger partial charge in [0.15, 0.2) is 0 Å². The lowest BCUT2D eigenvalue weighted by atomic mass is 9.99. The highest BCUT2D eigenvalue weighted by Gasteiger charge is 2.26. The molecule has 2 N–H and O–H groups in total. The molecule has 2 heterocycles. The van der Waals surface area contributed by atoms with Gasteiger partial charge in [0, 0.05) is 25.3 Å². The van der Waals surface area contributed by atoms with Crippen LogP contribution in [0.5, 0.6) is 0 Å². The monoisotopic (exact) mass is 285 g/mol. The van der Waals surface area contributed by atoms with Gasteiger partial charge >= 0.3 is 0 Å². The third-order valence-electron chi connectivity index (χ3n) is 4.25. The molecule has 1 fully saturated rings. The molecule has 1 aromatic carbocycles. The molecule has 1 aromatic heterocycles. The van der Waals surface area contributed by atoms with Crippen molar-refractivity contribution >= 4 is 0 Å². The number of aromatic amines is 1. The quantitative estimate of drug-likeness (QED) is 0.858. The van der Waals surface area contributed by atoms with Crippen LogP contribution in [-0.4, -0.2) is 29.5 Å². The van der Waals surface area contributed by atoms with Gasteiger partial charge in [-0.1, -0.05) is 37.3 Å². The van der Waals surface area contributed by atoms with Crippen molar-refractivity contribution in [3.63, 3.8) is 0 Å². The van der Waals surface area contributed by atoms with Crippen molar-refractivity contribution in [2.45, 2.75) is 32.4 Å². The van der Waals surface area contributed by atoms with Crippen LogP contribution in [0.2, 0.25) is 0 Å². The maximum Gasteiger partial charge on any atom is 0.0695 e. The molecule has 0 spiro atoms. The van der Waals surface area contributed by atoms with Gasteiger partial charge in [-0.2, -0.15) is 5.10 Å². The van der Waals surface area contributed by atoms with Crippen LogP contribution in [0.3, 0.4) is 0 Å². The number of rotatable bonds is 6. The maximum atomic E-state index is 5.74. The molecule has 1 aliphatic heterocycles. The van der Waals surface area contributed by atoms with E-state index in [1.54, 1.807) is 0 Å². The average molecular weight is 285 g/mol. The lowest BCUT2D eigenvalue weighted by molar-refractivity contribution is 0.0872. The fourth-order valence-electron chi connectivity index (χ4n) is 3.07. The van der Waals surface area contributed by atoms with Crippen molar-refractivity contribution in [2.24, 2.45) is 5.92 Å². The van der Waals surface area contributed by atoms with E-state index in [0.29, 0.717) is 12.0 Å².